The molecule has 84 valence electrons. The molecule has 2 unspecified atom stereocenters. The van der Waals surface area contributed by atoms with Gasteiger partial charge in [-0.25, -0.2) is 0 Å². The lowest BCUT2D eigenvalue weighted by atomic mass is 9.85. The maximum Gasteiger partial charge on any atom is 0.224 e. The van der Waals surface area contributed by atoms with Crippen LogP contribution in [-0.4, -0.2) is 27.9 Å². The standard InChI is InChI=1S/C10H19N5/c1-12-10-14-13-9(15(10)2)7-4-3-5-8(11)6-7/h7-8H,3-6,11H2,1-2H3,(H,12,14). The van der Waals surface area contributed by atoms with Crippen LogP contribution in [0.25, 0.3) is 0 Å². The molecule has 5 nitrogen and oxygen atoms in total. The highest BCUT2D eigenvalue weighted by Crippen LogP contribution is 2.31. The fourth-order valence-electron chi connectivity index (χ4n) is 2.38. The Balaban J connectivity index is 2.17. The minimum Gasteiger partial charge on any atom is -0.357 e. The second-order valence-corrected chi connectivity index (χ2v) is 4.31. The van der Waals surface area contributed by atoms with Crippen LogP contribution in [0.3, 0.4) is 0 Å². The molecule has 5 heteroatoms. The van der Waals surface area contributed by atoms with Crippen LogP contribution in [0, 0.1) is 0 Å². The molecule has 1 heterocycles. The van der Waals surface area contributed by atoms with Crippen LogP contribution in [-0.2, 0) is 7.05 Å². The average Bonchev–Trinajstić information content (AvgIpc) is 2.59. The van der Waals surface area contributed by atoms with E-state index in [1.54, 1.807) is 0 Å². The molecule has 0 spiro atoms. The van der Waals surface area contributed by atoms with E-state index in [9.17, 15) is 0 Å². The van der Waals surface area contributed by atoms with Crippen LogP contribution in [0.5, 0.6) is 0 Å². The summed E-state index contributed by atoms with van der Waals surface area (Å²) in [5.74, 6) is 2.37. The summed E-state index contributed by atoms with van der Waals surface area (Å²) >= 11 is 0. The molecule has 0 bridgehead atoms. The SMILES string of the molecule is CNc1nnc(C2CCCC(N)C2)n1C. The monoisotopic (exact) mass is 209 g/mol. The lowest BCUT2D eigenvalue weighted by Crippen LogP contribution is -2.28. The van der Waals surface area contributed by atoms with Crippen LogP contribution in [0.2, 0.25) is 0 Å². The Bertz CT molecular complexity index is 333. The first-order valence-corrected chi connectivity index (χ1v) is 5.55. The van der Waals surface area contributed by atoms with E-state index in [2.05, 4.69) is 15.5 Å². The fourth-order valence-corrected chi connectivity index (χ4v) is 2.38. The van der Waals surface area contributed by atoms with Gasteiger partial charge >= 0.3 is 0 Å². The number of anilines is 1. The predicted molar refractivity (Wildman–Crippen MR) is 59.7 cm³/mol. The Morgan fingerprint density at radius 2 is 2.20 bits per heavy atom. The van der Waals surface area contributed by atoms with Gasteiger partial charge in [0.1, 0.15) is 5.82 Å². The minimum absolute atomic E-state index is 0.332. The van der Waals surface area contributed by atoms with Crippen molar-refractivity contribution in [3.8, 4) is 0 Å². The number of nitrogens with zero attached hydrogens (tertiary/aromatic N) is 3. The Kier molecular flexibility index (Phi) is 2.90. The van der Waals surface area contributed by atoms with Gasteiger partial charge in [0, 0.05) is 26.1 Å². The van der Waals surface area contributed by atoms with Crippen molar-refractivity contribution in [3.63, 3.8) is 0 Å². The molecule has 1 aromatic rings. The molecule has 1 aliphatic carbocycles. The van der Waals surface area contributed by atoms with Crippen LogP contribution in [0.4, 0.5) is 5.95 Å². The summed E-state index contributed by atoms with van der Waals surface area (Å²) in [6.45, 7) is 0. The van der Waals surface area contributed by atoms with Crippen LogP contribution >= 0.6 is 0 Å². The molecule has 15 heavy (non-hydrogen) atoms. The lowest BCUT2D eigenvalue weighted by Gasteiger charge is -2.25. The van der Waals surface area contributed by atoms with Crippen molar-refractivity contribution in [2.24, 2.45) is 12.8 Å². The van der Waals surface area contributed by atoms with Gasteiger partial charge in [0.2, 0.25) is 5.95 Å². The molecule has 2 atom stereocenters. The van der Waals surface area contributed by atoms with Crippen LogP contribution in [0.15, 0.2) is 0 Å². The average molecular weight is 209 g/mol. The highest BCUT2D eigenvalue weighted by Gasteiger charge is 2.25. The van der Waals surface area contributed by atoms with Gasteiger partial charge in [-0.3, -0.25) is 0 Å². The molecule has 0 saturated heterocycles. The smallest absolute Gasteiger partial charge is 0.224 e. The maximum absolute atomic E-state index is 5.98. The topological polar surface area (TPSA) is 68.8 Å². The number of nitrogens with two attached hydrogens (primary N) is 1. The first-order valence-electron chi connectivity index (χ1n) is 5.55. The zero-order valence-electron chi connectivity index (χ0n) is 9.40. The van der Waals surface area contributed by atoms with Gasteiger partial charge in [0.05, 0.1) is 0 Å². The molecule has 1 aromatic heterocycles. The maximum atomic E-state index is 5.98. The molecule has 1 saturated carbocycles. The molecule has 0 aliphatic heterocycles. The summed E-state index contributed by atoms with van der Waals surface area (Å²) in [5.41, 5.74) is 5.98. The highest BCUT2D eigenvalue weighted by molar-refractivity contribution is 5.25. The summed E-state index contributed by atoms with van der Waals surface area (Å²) in [6, 6.07) is 0.332. The third-order valence-electron chi connectivity index (χ3n) is 3.21. The Morgan fingerprint density at radius 1 is 1.40 bits per heavy atom. The zero-order chi connectivity index (χ0) is 10.8. The van der Waals surface area contributed by atoms with Crippen molar-refractivity contribution in [1.82, 2.24) is 14.8 Å². The normalized spacial score (nSPS) is 26.6. The number of aromatic nitrogens is 3. The van der Waals surface area contributed by atoms with E-state index in [-0.39, 0.29) is 0 Å². The Labute approximate surface area is 90.1 Å². The summed E-state index contributed by atoms with van der Waals surface area (Å²) in [6.07, 6.45) is 4.57. The molecule has 2 rings (SSSR count). The van der Waals surface area contributed by atoms with Gasteiger partial charge in [-0.15, -0.1) is 10.2 Å². The largest absolute Gasteiger partial charge is 0.357 e. The summed E-state index contributed by atoms with van der Waals surface area (Å²) in [7, 11) is 3.86. The molecule has 0 amide bonds. The quantitative estimate of drug-likeness (QED) is 0.757. The molecule has 1 fully saturated rings. The first-order chi connectivity index (χ1) is 7.22. The molecule has 3 N–H and O–H groups in total. The van der Waals surface area contributed by atoms with E-state index < -0.39 is 0 Å². The van der Waals surface area contributed by atoms with Crippen molar-refractivity contribution in [1.29, 1.82) is 0 Å². The summed E-state index contributed by atoms with van der Waals surface area (Å²) in [4.78, 5) is 0. The molecule has 0 radical (unpaired) electrons. The van der Waals surface area contributed by atoms with Gasteiger partial charge in [-0.1, -0.05) is 6.42 Å². The van der Waals surface area contributed by atoms with Gasteiger partial charge in [0.25, 0.3) is 0 Å². The fraction of sp³-hybridized carbons (Fsp3) is 0.800. The highest BCUT2D eigenvalue weighted by atomic mass is 15.3. The van der Waals surface area contributed by atoms with Gasteiger partial charge in [0.15, 0.2) is 0 Å². The van der Waals surface area contributed by atoms with Gasteiger partial charge in [-0.05, 0) is 19.3 Å². The van der Waals surface area contributed by atoms with Gasteiger partial charge < -0.3 is 15.6 Å². The van der Waals surface area contributed by atoms with Crippen molar-refractivity contribution in [3.05, 3.63) is 5.82 Å². The third kappa shape index (κ3) is 1.97. The Morgan fingerprint density at radius 3 is 2.80 bits per heavy atom. The molecule has 1 aliphatic rings. The van der Waals surface area contributed by atoms with Crippen molar-refractivity contribution in [2.75, 3.05) is 12.4 Å². The van der Waals surface area contributed by atoms with E-state index in [0.717, 1.165) is 24.6 Å². The van der Waals surface area contributed by atoms with Crippen molar-refractivity contribution < 1.29 is 0 Å². The lowest BCUT2D eigenvalue weighted by molar-refractivity contribution is 0.376. The molecule has 0 aromatic carbocycles. The van der Waals surface area contributed by atoms with E-state index in [4.69, 9.17) is 5.73 Å². The number of nitrogens with one attached hydrogen (secondary N) is 1. The van der Waals surface area contributed by atoms with E-state index in [1.165, 1.54) is 12.8 Å². The Hall–Kier alpha value is -1.10. The predicted octanol–water partition coefficient (Wildman–Crippen LogP) is 0.842. The third-order valence-corrected chi connectivity index (χ3v) is 3.21. The van der Waals surface area contributed by atoms with Crippen LogP contribution in [0.1, 0.15) is 37.4 Å². The number of rotatable bonds is 2. The molecular formula is C10H19N5. The second kappa shape index (κ2) is 4.18. The van der Waals surface area contributed by atoms with E-state index >= 15 is 0 Å². The van der Waals surface area contributed by atoms with Crippen molar-refractivity contribution in [2.45, 2.75) is 37.6 Å². The van der Waals surface area contributed by atoms with Crippen LogP contribution < -0.4 is 11.1 Å². The zero-order valence-corrected chi connectivity index (χ0v) is 9.40. The molecular weight excluding hydrogens is 190 g/mol. The number of hydrogen-bond donors (Lipinski definition) is 2. The minimum atomic E-state index is 0.332. The van der Waals surface area contributed by atoms with Crippen molar-refractivity contribution >= 4 is 5.95 Å². The summed E-state index contributed by atoms with van der Waals surface area (Å²) < 4.78 is 2.03. The second-order valence-electron chi connectivity index (χ2n) is 4.31. The van der Waals surface area contributed by atoms with E-state index in [0.29, 0.717) is 12.0 Å². The van der Waals surface area contributed by atoms with E-state index in [1.807, 2.05) is 18.7 Å². The summed E-state index contributed by atoms with van der Waals surface area (Å²) in [5, 5.41) is 11.4. The number of hydrogen-bond acceptors (Lipinski definition) is 4. The van der Waals surface area contributed by atoms with Gasteiger partial charge in [-0.2, -0.15) is 0 Å². The first kappa shape index (κ1) is 10.4.